The fourth-order valence-electron chi connectivity index (χ4n) is 4.24. The van der Waals surface area contributed by atoms with Crippen LogP contribution in [-0.4, -0.2) is 46.9 Å². The predicted molar refractivity (Wildman–Crippen MR) is 136 cm³/mol. The second-order valence-electron chi connectivity index (χ2n) is 8.18. The van der Waals surface area contributed by atoms with Gasteiger partial charge < -0.3 is 10.2 Å². The van der Waals surface area contributed by atoms with E-state index in [0.29, 0.717) is 5.56 Å². The normalized spacial score (nSPS) is 13.7. The van der Waals surface area contributed by atoms with Crippen molar-refractivity contribution < 1.29 is 4.79 Å². The van der Waals surface area contributed by atoms with Crippen LogP contribution < -0.4 is 5.32 Å². The van der Waals surface area contributed by atoms with E-state index in [1.54, 1.807) is 12.3 Å². The van der Waals surface area contributed by atoms with Crippen LogP contribution in [0.3, 0.4) is 0 Å². The summed E-state index contributed by atoms with van der Waals surface area (Å²) in [5.74, 6) is 2.17. The number of nitriles is 1. The summed E-state index contributed by atoms with van der Waals surface area (Å²) in [5.41, 5.74) is 4.49. The molecule has 5 nitrogen and oxygen atoms in total. The van der Waals surface area contributed by atoms with E-state index < -0.39 is 0 Å². The second kappa shape index (κ2) is 9.51. The zero-order chi connectivity index (χ0) is 22.6. The summed E-state index contributed by atoms with van der Waals surface area (Å²) >= 11 is 1.91. The van der Waals surface area contributed by atoms with Crippen LogP contribution in [0.15, 0.2) is 66.9 Å². The number of benzene rings is 3. The number of hydrogen-bond acceptors (Lipinski definition) is 5. The third-order valence-corrected chi connectivity index (χ3v) is 6.99. The van der Waals surface area contributed by atoms with E-state index >= 15 is 0 Å². The highest BCUT2D eigenvalue weighted by Gasteiger charge is 2.18. The van der Waals surface area contributed by atoms with Crippen LogP contribution in [0.4, 0.5) is 5.69 Å². The van der Waals surface area contributed by atoms with Crippen molar-refractivity contribution in [1.29, 1.82) is 5.26 Å². The summed E-state index contributed by atoms with van der Waals surface area (Å²) in [7, 11) is 0. The van der Waals surface area contributed by atoms with Gasteiger partial charge in [0.2, 0.25) is 0 Å². The average Bonchev–Trinajstić information content (AvgIpc) is 2.88. The van der Waals surface area contributed by atoms with Gasteiger partial charge in [-0.1, -0.05) is 24.3 Å². The van der Waals surface area contributed by atoms with Gasteiger partial charge in [0.15, 0.2) is 0 Å². The van der Waals surface area contributed by atoms with E-state index in [0.717, 1.165) is 70.5 Å². The van der Waals surface area contributed by atoms with E-state index in [1.165, 1.54) is 5.56 Å². The average molecular weight is 453 g/mol. The molecule has 0 unspecified atom stereocenters. The lowest BCUT2D eigenvalue weighted by Gasteiger charge is -2.26. The number of carbonyl (C=O) groups excluding carboxylic acids is 1. The Balaban J connectivity index is 1.28. The smallest absolute Gasteiger partial charge is 0.253 e. The van der Waals surface area contributed by atoms with Gasteiger partial charge in [-0.05, 0) is 59.2 Å². The van der Waals surface area contributed by atoms with Crippen molar-refractivity contribution >= 4 is 45.0 Å². The number of rotatable bonds is 5. The van der Waals surface area contributed by atoms with Crippen LogP contribution in [0, 0.1) is 11.3 Å². The standard InChI is InChI=1S/C27H24N4OS/c28-18-20-2-6-25-24(16-20)26(8-10-30-25)29-9-7-19-1-3-22-17-23(5-4-21(22)15-19)27(32)31-11-13-33-14-12-31/h1-6,8,10,15-17H,7,9,11-14H2,(H,29,30). The lowest BCUT2D eigenvalue weighted by molar-refractivity contribution is 0.0772. The molecule has 0 spiro atoms. The summed E-state index contributed by atoms with van der Waals surface area (Å²) < 4.78 is 0. The Morgan fingerprint density at radius 2 is 1.85 bits per heavy atom. The molecule has 1 saturated heterocycles. The van der Waals surface area contributed by atoms with Crippen molar-refractivity contribution in [1.82, 2.24) is 9.88 Å². The molecule has 0 atom stereocenters. The summed E-state index contributed by atoms with van der Waals surface area (Å²) in [6.07, 6.45) is 2.65. The maximum absolute atomic E-state index is 12.8. The molecule has 0 aliphatic carbocycles. The van der Waals surface area contributed by atoms with Crippen molar-refractivity contribution in [3.8, 4) is 6.07 Å². The Hall–Kier alpha value is -3.56. The molecule has 0 saturated carbocycles. The van der Waals surface area contributed by atoms with Crippen LogP contribution in [0.1, 0.15) is 21.5 Å². The van der Waals surface area contributed by atoms with Gasteiger partial charge in [-0.3, -0.25) is 9.78 Å². The fourth-order valence-corrected chi connectivity index (χ4v) is 5.15. The fraction of sp³-hybridized carbons (Fsp3) is 0.222. The molecule has 3 aromatic carbocycles. The number of amides is 1. The molecule has 1 fully saturated rings. The minimum atomic E-state index is 0.134. The molecule has 1 aliphatic heterocycles. The summed E-state index contributed by atoms with van der Waals surface area (Å²) in [4.78, 5) is 19.2. The number of fused-ring (bicyclic) bond motifs is 2. The molecule has 0 radical (unpaired) electrons. The predicted octanol–water partition coefficient (Wildman–Crippen LogP) is 5.10. The Morgan fingerprint density at radius 1 is 1.03 bits per heavy atom. The molecule has 33 heavy (non-hydrogen) atoms. The third kappa shape index (κ3) is 4.64. The van der Waals surface area contributed by atoms with Crippen molar-refractivity contribution in [2.75, 3.05) is 36.5 Å². The number of anilines is 1. The van der Waals surface area contributed by atoms with Crippen LogP contribution in [0.5, 0.6) is 0 Å². The first-order chi connectivity index (χ1) is 16.2. The van der Waals surface area contributed by atoms with Gasteiger partial charge in [-0.2, -0.15) is 17.0 Å². The first kappa shape index (κ1) is 21.3. The molecule has 1 aromatic heterocycles. The van der Waals surface area contributed by atoms with Gasteiger partial charge in [0.25, 0.3) is 5.91 Å². The maximum atomic E-state index is 12.8. The van der Waals surface area contributed by atoms with Crippen molar-refractivity contribution in [3.05, 3.63) is 83.6 Å². The molecule has 1 N–H and O–H groups in total. The molecule has 1 amide bonds. The van der Waals surface area contributed by atoms with Crippen molar-refractivity contribution in [3.63, 3.8) is 0 Å². The van der Waals surface area contributed by atoms with Crippen molar-refractivity contribution in [2.45, 2.75) is 6.42 Å². The molecule has 6 heteroatoms. The summed E-state index contributed by atoms with van der Waals surface area (Å²) in [6, 6.07) is 22.1. The van der Waals surface area contributed by atoms with Crippen LogP contribution in [0.25, 0.3) is 21.7 Å². The third-order valence-electron chi connectivity index (χ3n) is 6.05. The lowest BCUT2D eigenvalue weighted by Crippen LogP contribution is -2.37. The molecule has 1 aliphatic rings. The minimum Gasteiger partial charge on any atom is -0.384 e. The number of aromatic nitrogens is 1. The first-order valence-corrected chi connectivity index (χ1v) is 12.3. The zero-order valence-electron chi connectivity index (χ0n) is 18.3. The van der Waals surface area contributed by atoms with Gasteiger partial charge in [-0.15, -0.1) is 0 Å². The van der Waals surface area contributed by atoms with Gasteiger partial charge in [0.05, 0.1) is 17.1 Å². The van der Waals surface area contributed by atoms with Crippen molar-refractivity contribution in [2.24, 2.45) is 0 Å². The first-order valence-electron chi connectivity index (χ1n) is 11.1. The number of nitrogens with zero attached hydrogens (tertiary/aromatic N) is 3. The van der Waals surface area contributed by atoms with Crippen LogP contribution in [0.2, 0.25) is 0 Å². The minimum absolute atomic E-state index is 0.134. The van der Waals surface area contributed by atoms with Crippen LogP contribution >= 0.6 is 11.8 Å². The molecular formula is C27H24N4OS. The summed E-state index contributed by atoms with van der Waals surface area (Å²) in [5, 5.41) is 15.9. The molecule has 164 valence electrons. The maximum Gasteiger partial charge on any atom is 0.253 e. The quantitative estimate of drug-likeness (QED) is 0.456. The molecule has 5 rings (SSSR count). The number of thioether (sulfide) groups is 1. The Kier molecular flexibility index (Phi) is 6.14. The molecule has 0 bridgehead atoms. The Labute approximate surface area is 197 Å². The van der Waals surface area contributed by atoms with Gasteiger partial charge in [-0.25, -0.2) is 0 Å². The highest BCUT2D eigenvalue weighted by atomic mass is 32.2. The van der Waals surface area contributed by atoms with E-state index in [1.807, 2.05) is 47.0 Å². The number of hydrogen-bond donors (Lipinski definition) is 1. The molecule has 2 heterocycles. The number of nitrogens with one attached hydrogen (secondary N) is 1. The van der Waals surface area contributed by atoms with E-state index in [-0.39, 0.29) is 5.91 Å². The number of pyridine rings is 1. The largest absolute Gasteiger partial charge is 0.384 e. The van der Waals surface area contributed by atoms with Gasteiger partial charge >= 0.3 is 0 Å². The van der Waals surface area contributed by atoms with E-state index in [2.05, 4.69) is 40.6 Å². The zero-order valence-corrected chi connectivity index (χ0v) is 19.1. The van der Waals surface area contributed by atoms with E-state index in [9.17, 15) is 10.1 Å². The SMILES string of the molecule is N#Cc1ccc2nccc(NCCc3ccc4cc(C(=O)N5CCSCC5)ccc4c3)c2c1. The number of carbonyl (C=O) groups is 1. The topological polar surface area (TPSA) is 69.0 Å². The second-order valence-corrected chi connectivity index (χ2v) is 9.40. The summed E-state index contributed by atoms with van der Waals surface area (Å²) in [6.45, 7) is 2.43. The lowest BCUT2D eigenvalue weighted by atomic mass is 10.0. The highest BCUT2D eigenvalue weighted by Crippen LogP contribution is 2.24. The van der Waals surface area contributed by atoms with E-state index in [4.69, 9.17) is 0 Å². The van der Waals surface area contributed by atoms with Gasteiger partial charge in [0.1, 0.15) is 0 Å². The Bertz CT molecular complexity index is 1370. The molecule has 4 aromatic rings. The van der Waals surface area contributed by atoms with Gasteiger partial charge in [0, 0.05) is 54.0 Å². The monoisotopic (exact) mass is 452 g/mol. The van der Waals surface area contributed by atoms with Crippen LogP contribution in [-0.2, 0) is 6.42 Å². The Morgan fingerprint density at radius 3 is 2.70 bits per heavy atom. The molecular weight excluding hydrogens is 428 g/mol. The highest BCUT2D eigenvalue weighted by molar-refractivity contribution is 7.99.